The first-order valence-electron chi connectivity index (χ1n) is 3.18. The summed E-state index contributed by atoms with van der Waals surface area (Å²) in [4.78, 5) is 17.9. The first-order chi connectivity index (χ1) is 5.66. The fourth-order valence-corrected chi connectivity index (χ4v) is 0.800. The Morgan fingerprint density at radius 1 is 1.67 bits per heavy atom. The third-order valence-corrected chi connectivity index (χ3v) is 1.33. The maximum absolute atomic E-state index is 10.6. The van der Waals surface area contributed by atoms with Crippen molar-refractivity contribution in [3.8, 4) is 0 Å². The molecule has 0 radical (unpaired) electrons. The molecular formula is C6H8N4O2. The van der Waals surface area contributed by atoms with Gasteiger partial charge in [-0.15, -0.1) is 0 Å². The van der Waals surface area contributed by atoms with Gasteiger partial charge in [0.25, 0.3) is 0 Å². The third-order valence-electron chi connectivity index (χ3n) is 1.33. The van der Waals surface area contributed by atoms with E-state index < -0.39 is 5.97 Å². The lowest BCUT2D eigenvalue weighted by atomic mass is 10.3. The van der Waals surface area contributed by atoms with Crippen LogP contribution in [0, 0.1) is 0 Å². The van der Waals surface area contributed by atoms with Gasteiger partial charge in [0.05, 0.1) is 0 Å². The number of rotatable bonds is 2. The quantitative estimate of drug-likeness (QED) is 0.565. The molecule has 0 fully saturated rings. The number of carbonyl (C=O) groups is 1. The highest BCUT2D eigenvalue weighted by atomic mass is 16.4. The molecule has 1 rings (SSSR count). The van der Waals surface area contributed by atoms with E-state index in [2.05, 4.69) is 15.3 Å². The van der Waals surface area contributed by atoms with E-state index in [0.29, 0.717) is 0 Å². The lowest BCUT2D eigenvalue weighted by Crippen LogP contribution is -2.10. The molecule has 0 saturated heterocycles. The molecule has 64 valence electrons. The summed E-state index contributed by atoms with van der Waals surface area (Å²) in [7, 11) is 1.56. The van der Waals surface area contributed by atoms with Gasteiger partial charge < -0.3 is 16.2 Å². The molecule has 1 aromatic rings. The summed E-state index contributed by atoms with van der Waals surface area (Å²) in [5.74, 6) is -0.964. The van der Waals surface area contributed by atoms with Crippen LogP contribution >= 0.6 is 0 Å². The lowest BCUT2D eigenvalue weighted by molar-refractivity contribution is 0.0698. The second-order valence-corrected chi connectivity index (χ2v) is 2.04. The van der Waals surface area contributed by atoms with Crippen LogP contribution in [0.5, 0.6) is 0 Å². The normalized spacial score (nSPS) is 9.42. The summed E-state index contributed by atoms with van der Waals surface area (Å²) in [5, 5.41) is 11.3. The van der Waals surface area contributed by atoms with E-state index >= 15 is 0 Å². The average Bonchev–Trinajstić information content (AvgIpc) is 2.03. The minimum absolute atomic E-state index is 0.0400. The van der Waals surface area contributed by atoms with Crippen LogP contribution in [0.2, 0.25) is 0 Å². The van der Waals surface area contributed by atoms with E-state index in [-0.39, 0.29) is 17.2 Å². The number of hydrogen-bond acceptors (Lipinski definition) is 5. The minimum atomic E-state index is -1.14. The molecule has 0 amide bonds. The number of anilines is 2. The van der Waals surface area contributed by atoms with Crippen molar-refractivity contribution in [3.05, 3.63) is 11.9 Å². The van der Waals surface area contributed by atoms with Crippen LogP contribution in [0.25, 0.3) is 0 Å². The molecule has 6 heteroatoms. The van der Waals surface area contributed by atoms with Crippen LogP contribution < -0.4 is 11.1 Å². The Bertz CT molecular complexity index is 312. The van der Waals surface area contributed by atoms with Gasteiger partial charge in [-0.1, -0.05) is 0 Å². The molecule has 0 saturated carbocycles. The predicted octanol–water partition coefficient (Wildman–Crippen LogP) is -0.201. The van der Waals surface area contributed by atoms with Gasteiger partial charge in [-0.3, -0.25) is 0 Å². The Morgan fingerprint density at radius 2 is 2.33 bits per heavy atom. The number of nitrogen functional groups attached to an aromatic ring is 1. The van der Waals surface area contributed by atoms with Gasteiger partial charge in [0.1, 0.15) is 23.5 Å². The Morgan fingerprint density at radius 3 is 2.75 bits per heavy atom. The van der Waals surface area contributed by atoms with E-state index in [1.807, 2.05) is 0 Å². The lowest BCUT2D eigenvalue weighted by Gasteiger charge is -2.04. The smallest absolute Gasteiger partial charge is 0.343 e. The molecule has 0 aromatic carbocycles. The van der Waals surface area contributed by atoms with Crippen molar-refractivity contribution in [3.63, 3.8) is 0 Å². The first kappa shape index (κ1) is 8.25. The molecule has 0 spiro atoms. The van der Waals surface area contributed by atoms with Gasteiger partial charge >= 0.3 is 5.97 Å². The largest absolute Gasteiger partial charge is 0.477 e. The zero-order valence-electron chi connectivity index (χ0n) is 6.40. The summed E-state index contributed by atoms with van der Waals surface area (Å²) in [5.41, 5.74) is 5.23. The average molecular weight is 168 g/mol. The number of aromatic carboxylic acids is 1. The summed E-state index contributed by atoms with van der Waals surface area (Å²) >= 11 is 0. The van der Waals surface area contributed by atoms with Crippen LogP contribution in [0.1, 0.15) is 10.4 Å². The molecule has 4 N–H and O–H groups in total. The Balaban J connectivity index is 3.29. The fraction of sp³-hybridized carbons (Fsp3) is 0.167. The maximum atomic E-state index is 10.6. The number of carboxylic acid groups (broad SMARTS) is 1. The van der Waals surface area contributed by atoms with Crippen molar-refractivity contribution in [2.24, 2.45) is 0 Å². The van der Waals surface area contributed by atoms with Gasteiger partial charge in [-0.2, -0.15) is 0 Å². The highest BCUT2D eigenvalue weighted by Gasteiger charge is 2.14. The molecule has 0 unspecified atom stereocenters. The minimum Gasteiger partial charge on any atom is -0.477 e. The second kappa shape index (κ2) is 3.04. The zero-order valence-corrected chi connectivity index (χ0v) is 6.40. The predicted molar refractivity (Wildman–Crippen MR) is 43.0 cm³/mol. The number of carboxylic acids is 1. The highest BCUT2D eigenvalue weighted by Crippen LogP contribution is 2.15. The zero-order chi connectivity index (χ0) is 9.14. The second-order valence-electron chi connectivity index (χ2n) is 2.04. The van der Waals surface area contributed by atoms with Crippen molar-refractivity contribution in [1.82, 2.24) is 9.97 Å². The van der Waals surface area contributed by atoms with Crippen molar-refractivity contribution in [2.75, 3.05) is 18.1 Å². The summed E-state index contributed by atoms with van der Waals surface area (Å²) in [6, 6.07) is 0. The molecule has 0 aliphatic rings. The Kier molecular flexibility index (Phi) is 2.09. The van der Waals surface area contributed by atoms with Crippen LogP contribution in [0.3, 0.4) is 0 Å². The number of aromatic nitrogens is 2. The van der Waals surface area contributed by atoms with Crippen LogP contribution in [-0.2, 0) is 0 Å². The molecule has 0 bridgehead atoms. The molecule has 0 atom stereocenters. The molecular weight excluding hydrogens is 160 g/mol. The summed E-state index contributed by atoms with van der Waals surface area (Å²) in [6.45, 7) is 0. The van der Waals surface area contributed by atoms with Gasteiger partial charge in [0.2, 0.25) is 0 Å². The highest BCUT2D eigenvalue weighted by molar-refractivity contribution is 5.97. The van der Waals surface area contributed by atoms with Gasteiger partial charge in [-0.05, 0) is 0 Å². The summed E-state index contributed by atoms with van der Waals surface area (Å²) < 4.78 is 0. The van der Waals surface area contributed by atoms with E-state index in [0.717, 1.165) is 0 Å². The number of nitrogens with zero attached hydrogens (tertiary/aromatic N) is 2. The third kappa shape index (κ3) is 1.26. The van der Waals surface area contributed by atoms with Crippen molar-refractivity contribution in [1.29, 1.82) is 0 Å². The fourth-order valence-electron chi connectivity index (χ4n) is 0.800. The SMILES string of the molecule is CNc1ncnc(N)c1C(=O)O. The van der Waals surface area contributed by atoms with Gasteiger partial charge in [0.15, 0.2) is 0 Å². The Hall–Kier alpha value is -1.85. The number of nitrogens with one attached hydrogen (secondary N) is 1. The van der Waals surface area contributed by atoms with Crippen LogP contribution in [0.4, 0.5) is 11.6 Å². The topological polar surface area (TPSA) is 101 Å². The van der Waals surface area contributed by atoms with Crippen molar-refractivity contribution >= 4 is 17.6 Å². The molecule has 0 aliphatic carbocycles. The van der Waals surface area contributed by atoms with E-state index in [1.54, 1.807) is 7.05 Å². The monoisotopic (exact) mass is 168 g/mol. The number of hydrogen-bond donors (Lipinski definition) is 3. The standard InChI is InChI=1S/C6H8N4O2/c1-8-5-3(6(11)12)4(7)9-2-10-5/h2H,1H3,(H,11,12)(H3,7,8,9,10). The van der Waals surface area contributed by atoms with Crippen LogP contribution in [0.15, 0.2) is 6.33 Å². The summed E-state index contributed by atoms with van der Waals surface area (Å²) in [6.07, 6.45) is 1.20. The van der Waals surface area contributed by atoms with E-state index in [1.165, 1.54) is 6.33 Å². The van der Waals surface area contributed by atoms with Gasteiger partial charge in [-0.25, -0.2) is 14.8 Å². The molecule has 1 heterocycles. The molecule has 6 nitrogen and oxygen atoms in total. The van der Waals surface area contributed by atoms with Crippen molar-refractivity contribution < 1.29 is 9.90 Å². The number of nitrogens with two attached hydrogens (primary N) is 1. The molecule has 12 heavy (non-hydrogen) atoms. The Labute approximate surface area is 68.4 Å². The maximum Gasteiger partial charge on any atom is 0.343 e. The van der Waals surface area contributed by atoms with Gasteiger partial charge in [0, 0.05) is 7.05 Å². The first-order valence-corrected chi connectivity index (χ1v) is 3.18. The molecule has 0 aliphatic heterocycles. The van der Waals surface area contributed by atoms with E-state index in [9.17, 15) is 4.79 Å². The van der Waals surface area contributed by atoms with Crippen LogP contribution in [-0.4, -0.2) is 28.1 Å². The van der Waals surface area contributed by atoms with E-state index in [4.69, 9.17) is 10.8 Å². The molecule has 1 aromatic heterocycles. The van der Waals surface area contributed by atoms with Crippen molar-refractivity contribution in [2.45, 2.75) is 0 Å².